The average molecular weight is 434 g/mol. The lowest BCUT2D eigenvalue weighted by molar-refractivity contribution is 0.447. The molecule has 3 heterocycles. The molecular weight excluding hydrogens is 418 g/mol. The molecule has 0 unspecified atom stereocenters. The Kier molecular flexibility index (Phi) is 4.34. The topological polar surface area (TPSA) is 76.8 Å². The van der Waals surface area contributed by atoms with Crippen LogP contribution in [0.25, 0.3) is 21.4 Å². The minimum Gasteiger partial charge on any atom is -0.493 e. The van der Waals surface area contributed by atoms with Crippen molar-refractivity contribution >= 4 is 45.0 Å². The first-order chi connectivity index (χ1) is 14.6. The van der Waals surface area contributed by atoms with E-state index < -0.39 is 0 Å². The van der Waals surface area contributed by atoms with Crippen LogP contribution in [0.15, 0.2) is 76.6 Å². The molecule has 0 atom stereocenters. The lowest BCUT2D eigenvalue weighted by Crippen LogP contribution is -2.20. The van der Waals surface area contributed by atoms with Gasteiger partial charge in [0, 0.05) is 7.05 Å². The second-order valence-electron chi connectivity index (χ2n) is 6.60. The van der Waals surface area contributed by atoms with Crippen molar-refractivity contribution in [2.45, 2.75) is 0 Å². The van der Waals surface area contributed by atoms with Crippen LogP contribution in [0, 0.1) is 4.77 Å². The van der Waals surface area contributed by atoms with Gasteiger partial charge < -0.3 is 5.11 Å². The van der Waals surface area contributed by atoms with Gasteiger partial charge in [-0.3, -0.25) is 13.8 Å². The molecule has 0 aliphatic heterocycles. The van der Waals surface area contributed by atoms with Crippen molar-refractivity contribution in [1.29, 1.82) is 0 Å². The van der Waals surface area contributed by atoms with Crippen molar-refractivity contribution in [2.24, 2.45) is 12.0 Å². The number of fused-ring (bicyclic) bond motifs is 3. The van der Waals surface area contributed by atoms with Crippen LogP contribution in [-0.2, 0) is 7.05 Å². The first-order valence-electron chi connectivity index (χ1n) is 9.07. The minimum atomic E-state index is -0.252. The molecule has 5 rings (SSSR count). The third kappa shape index (κ3) is 2.78. The van der Waals surface area contributed by atoms with E-state index in [-0.39, 0.29) is 11.4 Å². The van der Waals surface area contributed by atoms with Gasteiger partial charge >= 0.3 is 0 Å². The molecule has 0 bridgehead atoms. The van der Waals surface area contributed by atoms with Gasteiger partial charge in [0.05, 0.1) is 23.1 Å². The second-order valence-corrected chi connectivity index (χ2v) is 7.97. The quantitative estimate of drug-likeness (QED) is 0.431. The fraction of sp³-hybridized carbons (Fsp3) is 0.0476. The zero-order valence-electron chi connectivity index (χ0n) is 15.8. The van der Waals surface area contributed by atoms with Gasteiger partial charge in [-0.15, -0.1) is 11.3 Å². The molecule has 0 aliphatic rings. The number of imidazole rings is 1. The van der Waals surface area contributed by atoms with E-state index in [2.05, 4.69) is 5.10 Å². The van der Waals surface area contributed by atoms with E-state index in [9.17, 15) is 9.90 Å². The fourth-order valence-electron chi connectivity index (χ4n) is 3.32. The van der Waals surface area contributed by atoms with E-state index in [0.29, 0.717) is 36.6 Å². The van der Waals surface area contributed by atoms with Gasteiger partial charge in [-0.05, 0) is 36.5 Å². The molecule has 0 fully saturated rings. The number of aromatic nitrogens is 4. The van der Waals surface area contributed by atoms with Gasteiger partial charge in [-0.2, -0.15) is 5.10 Å². The largest absolute Gasteiger partial charge is 0.493 e. The van der Waals surface area contributed by atoms with Crippen LogP contribution in [0.4, 0.5) is 5.69 Å². The lowest BCUT2D eigenvalue weighted by atomic mass is 10.3. The SMILES string of the molecule is Cn1ncc2c(sc(=Nc3ccccc3)c3c(O)n(-c4ccccc4)c(=S)n32)c1=O. The molecule has 9 heteroatoms. The van der Waals surface area contributed by atoms with E-state index in [4.69, 9.17) is 17.2 Å². The molecule has 2 aromatic carbocycles. The van der Waals surface area contributed by atoms with E-state index in [1.807, 2.05) is 60.7 Å². The molecule has 0 amide bonds. The summed E-state index contributed by atoms with van der Waals surface area (Å²) >= 11 is 6.92. The number of rotatable bonds is 2. The smallest absolute Gasteiger partial charge is 0.286 e. The highest BCUT2D eigenvalue weighted by molar-refractivity contribution is 7.71. The predicted molar refractivity (Wildman–Crippen MR) is 119 cm³/mol. The minimum absolute atomic E-state index is 0.0419. The third-order valence-corrected chi connectivity index (χ3v) is 6.18. The molecule has 148 valence electrons. The van der Waals surface area contributed by atoms with Crippen molar-refractivity contribution < 1.29 is 5.11 Å². The summed E-state index contributed by atoms with van der Waals surface area (Å²) in [6, 6.07) is 18.7. The van der Waals surface area contributed by atoms with Crippen molar-refractivity contribution in [1.82, 2.24) is 18.7 Å². The van der Waals surface area contributed by atoms with E-state index in [1.165, 1.54) is 16.0 Å². The van der Waals surface area contributed by atoms with Crippen LogP contribution in [0.1, 0.15) is 0 Å². The number of hydrogen-bond acceptors (Lipinski definition) is 6. The molecule has 3 aromatic heterocycles. The monoisotopic (exact) mass is 433 g/mol. The molecule has 5 aromatic rings. The highest BCUT2D eigenvalue weighted by Gasteiger charge is 2.19. The van der Waals surface area contributed by atoms with Crippen LogP contribution >= 0.6 is 23.6 Å². The predicted octanol–water partition coefficient (Wildman–Crippen LogP) is 3.71. The van der Waals surface area contributed by atoms with Crippen LogP contribution in [0.3, 0.4) is 0 Å². The van der Waals surface area contributed by atoms with Crippen molar-refractivity contribution in [3.63, 3.8) is 0 Å². The molecule has 30 heavy (non-hydrogen) atoms. The summed E-state index contributed by atoms with van der Waals surface area (Å²) in [5.74, 6) is -0.0419. The Morgan fingerprint density at radius 2 is 1.73 bits per heavy atom. The number of benzene rings is 2. The fourth-order valence-corrected chi connectivity index (χ4v) is 4.79. The summed E-state index contributed by atoms with van der Waals surface area (Å²) < 4.78 is 5.77. The van der Waals surface area contributed by atoms with E-state index in [1.54, 1.807) is 22.2 Å². The summed E-state index contributed by atoms with van der Waals surface area (Å²) in [6.07, 6.45) is 1.58. The van der Waals surface area contributed by atoms with E-state index in [0.717, 1.165) is 0 Å². The molecule has 0 radical (unpaired) electrons. The zero-order valence-corrected chi connectivity index (χ0v) is 17.4. The number of nitrogens with zero attached hydrogens (tertiary/aromatic N) is 5. The molecule has 0 aliphatic carbocycles. The van der Waals surface area contributed by atoms with Crippen LogP contribution in [0.2, 0.25) is 0 Å². The van der Waals surface area contributed by atoms with Crippen LogP contribution in [-0.4, -0.2) is 23.9 Å². The Hall–Kier alpha value is -3.56. The number of aromatic hydroxyl groups is 1. The zero-order chi connectivity index (χ0) is 20.8. The molecular formula is C21H15N5O2S2. The van der Waals surface area contributed by atoms with Crippen molar-refractivity contribution in [3.05, 3.63) is 86.7 Å². The molecule has 0 saturated carbocycles. The molecule has 0 saturated heterocycles. The Bertz CT molecular complexity index is 1600. The average Bonchev–Trinajstić information content (AvgIpc) is 3.03. The van der Waals surface area contributed by atoms with Gasteiger partial charge in [0.1, 0.15) is 14.9 Å². The summed E-state index contributed by atoms with van der Waals surface area (Å²) in [4.78, 5) is 17.5. The maximum atomic E-state index is 12.8. The number of para-hydroxylation sites is 2. The van der Waals surface area contributed by atoms with Gasteiger partial charge in [0.2, 0.25) is 5.88 Å². The van der Waals surface area contributed by atoms with Crippen LogP contribution < -0.4 is 10.2 Å². The summed E-state index contributed by atoms with van der Waals surface area (Å²) in [7, 11) is 1.60. The Morgan fingerprint density at radius 1 is 1.07 bits per heavy atom. The standard InChI is InChI=1S/C21H15N5O2S2/c1-24-20(28)17-15(12-22-24)26-16(18(30-17)23-13-8-4-2-5-9-13)19(27)25(21(26)29)14-10-6-3-7-11-14/h2-12,27H,1H3. The van der Waals surface area contributed by atoms with Crippen LogP contribution in [0.5, 0.6) is 5.88 Å². The molecule has 0 spiro atoms. The summed E-state index contributed by atoms with van der Waals surface area (Å²) in [5, 5.41) is 15.3. The van der Waals surface area contributed by atoms with Crippen molar-refractivity contribution in [2.75, 3.05) is 0 Å². The van der Waals surface area contributed by atoms with Gasteiger partial charge in [-0.1, -0.05) is 36.4 Å². The summed E-state index contributed by atoms with van der Waals surface area (Å²) in [5.41, 5.74) is 2.13. The lowest BCUT2D eigenvalue weighted by Gasteiger charge is -2.03. The molecule has 1 N–H and O–H groups in total. The van der Waals surface area contributed by atoms with E-state index >= 15 is 0 Å². The summed E-state index contributed by atoms with van der Waals surface area (Å²) in [6.45, 7) is 0. The third-order valence-electron chi connectivity index (χ3n) is 4.75. The maximum Gasteiger partial charge on any atom is 0.286 e. The highest BCUT2D eigenvalue weighted by Crippen LogP contribution is 2.28. The molecule has 7 nitrogen and oxygen atoms in total. The van der Waals surface area contributed by atoms with Crippen molar-refractivity contribution in [3.8, 4) is 11.6 Å². The Labute approximate surface area is 179 Å². The van der Waals surface area contributed by atoms with Gasteiger partial charge in [0.25, 0.3) is 5.56 Å². The first kappa shape index (κ1) is 18.5. The number of hydrogen-bond donors (Lipinski definition) is 1. The normalized spacial score (nSPS) is 12.1. The second kappa shape index (κ2) is 7.05. The number of aryl methyl sites for hydroxylation is 1. The first-order valence-corrected chi connectivity index (χ1v) is 10.3. The Balaban J connectivity index is 2.03. The van der Waals surface area contributed by atoms with Gasteiger partial charge in [0.15, 0.2) is 4.77 Å². The Morgan fingerprint density at radius 3 is 2.43 bits per heavy atom. The maximum absolute atomic E-state index is 12.8. The van der Waals surface area contributed by atoms with Gasteiger partial charge in [-0.25, -0.2) is 9.67 Å². The highest BCUT2D eigenvalue weighted by atomic mass is 32.1.